The average molecular weight is 1010 g/mol. The molecule has 4 saturated heterocycles. The number of hydrogen-bond acceptors (Lipinski definition) is 17. The lowest BCUT2D eigenvalue weighted by Gasteiger charge is -2.23. The third-order valence-electron chi connectivity index (χ3n) is 11.7. The van der Waals surface area contributed by atoms with Crippen LogP contribution in [-0.4, -0.2) is 155 Å². The minimum Gasteiger partial charge on any atom is -0.497 e. The van der Waals surface area contributed by atoms with Gasteiger partial charge in [-0.05, 0) is 42.7 Å². The number of thioether (sulfide) groups is 1. The number of benzene rings is 2. The van der Waals surface area contributed by atoms with Gasteiger partial charge in [-0.25, -0.2) is 14.4 Å². The van der Waals surface area contributed by atoms with Crippen molar-refractivity contribution < 1.29 is 81.7 Å². The van der Waals surface area contributed by atoms with Crippen LogP contribution in [0.5, 0.6) is 17.2 Å². The summed E-state index contributed by atoms with van der Waals surface area (Å²) in [6.07, 6.45) is -1.03. The minimum atomic E-state index is -1.80. The molecule has 0 aromatic heterocycles. The van der Waals surface area contributed by atoms with Crippen molar-refractivity contribution in [1.82, 2.24) is 41.9 Å². The number of amides is 10. The number of hydroxylamine groups is 2. The number of methoxy groups -OCH3 is 2. The number of ketones is 1. The number of fused-ring (bicyclic) bond motifs is 1. The number of nitrogens with one attached hydrogen (secondary N) is 6. The molecule has 4 fully saturated rings. The van der Waals surface area contributed by atoms with Crippen LogP contribution in [0.2, 0.25) is 0 Å². The van der Waals surface area contributed by atoms with E-state index in [1.165, 1.54) is 38.5 Å². The number of carboxylic acid groups (broad SMARTS) is 1. The second-order valence-electron chi connectivity index (χ2n) is 16.6. The average Bonchev–Trinajstić information content (AvgIpc) is 4.09. The fourth-order valence-electron chi connectivity index (χ4n) is 8.06. The number of aliphatic carboxylic acids is 1. The zero-order chi connectivity index (χ0) is 51.4. The number of ether oxygens (including phenoxy) is 3. The molecule has 0 saturated carbocycles. The van der Waals surface area contributed by atoms with Gasteiger partial charge >= 0.3 is 18.0 Å². The van der Waals surface area contributed by atoms with Gasteiger partial charge in [-0.15, -0.1) is 5.06 Å². The van der Waals surface area contributed by atoms with Gasteiger partial charge in [0.1, 0.15) is 29.3 Å². The highest BCUT2D eigenvalue weighted by molar-refractivity contribution is 8.00. The first-order valence-corrected chi connectivity index (χ1v) is 23.4. The molecule has 0 spiro atoms. The summed E-state index contributed by atoms with van der Waals surface area (Å²) in [5, 5.41) is 25.6. The van der Waals surface area contributed by atoms with E-state index in [4.69, 9.17) is 19.0 Å². The van der Waals surface area contributed by atoms with E-state index in [2.05, 4.69) is 31.9 Å². The van der Waals surface area contributed by atoms with Crippen LogP contribution in [-0.2, 0) is 57.6 Å². The van der Waals surface area contributed by atoms with Gasteiger partial charge < -0.3 is 56.1 Å². The first-order valence-electron chi connectivity index (χ1n) is 22.4. The van der Waals surface area contributed by atoms with E-state index in [9.17, 15) is 62.6 Å². The van der Waals surface area contributed by atoms with E-state index in [0.717, 1.165) is 10.7 Å². The second kappa shape index (κ2) is 24.2. The Hall–Kier alpha value is -7.77. The molecule has 71 heavy (non-hydrogen) atoms. The number of carbonyl (C=O) groups is 12. The Morgan fingerprint density at radius 3 is 2.10 bits per heavy atom. The van der Waals surface area contributed by atoms with Gasteiger partial charge in [-0.2, -0.15) is 11.8 Å². The maximum absolute atomic E-state index is 13.7. The highest BCUT2D eigenvalue weighted by Gasteiger charge is 2.43. The zero-order valence-corrected chi connectivity index (χ0v) is 39.3. The van der Waals surface area contributed by atoms with Gasteiger partial charge in [0.15, 0.2) is 12.4 Å². The number of urea groups is 1. The fraction of sp³-hybridized carbons (Fsp3) is 0.467. The van der Waals surface area contributed by atoms with Crippen LogP contribution < -0.4 is 46.1 Å². The van der Waals surface area contributed by atoms with Crippen molar-refractivity contribution in [2.24, 2.45) is 0 Å². The Labute approximate surface area is 409 Å². The van der Waals surface area contributed by atoms with Crippen molar-refractivity contribution in [3.63, 3.8) is 0 Å². The van der Waals surface area contributed by atoms with Gasteiger partial charge in [0.25, 0.3) is 17.7 Å². The molecule has 6 rings (SSSR count). The van der Waals surface area contributed by atoms with E-state index in [-0.39, 0.29) is 66.3 Å². The molecule has 2 aromatic carbocycles. The first-order chi connectivity index (χ1) is 33.9. The number of Topliss-reactive ketones (excluding diaryl/α,β-unsaturated/α-hetero) is 1. The zero-order valence-electron chi connectivity index (χ0n) is 38.5. The van der Waals surface area contributed by atoms with Crippen molar-refractivity contribution in [2.45, 2.75) is 93.2 Å². The van der Waals surface area contributed by atoms with Crippen LogP contribution >= 0.6 is 11.8 Å². The number of hydrogen-bond donors (Lipinski definition) is 7. The molecule has 26 heteroatoms. The predicted molar refractivity (Wildman–Crippen MR) is 243 cm³/mol. The lowest BCUT2D eigenvalue weighted by Crippen LogP contribution is -2.51. The third-order valence-corrected chi connectivity index (χ3v) is 13.2. The monoisotopic (exact) mass is 1010 g/mol. The van der Waals surface area contributed by atoms with Crippen LogP contribution in [0.25, 0.3) is 0 Å². The van der Waals surface area contributed by atoms with Crippen molar-refractivity contribution >= 4 is 82.8 Å². The number of likely N-dealkylation sites (tertiary alicyclic amines) is 1. The molecule has 0 radical (unpaired) electrons. The predicted octanol–water partition coefficient (Wildman–Crippen LogP) is -1.10. The Balaban J connectivity index is 1.08. The molecule has 7 N–H and O–H groups in total. The maximum atomic E-state index is 13.7. The SMILES string of the molecule is COc1ccc(C(NC(=O)CNC(=O)C(CC(=O)CN2C(=O)CCC2=O)NC(=O)CCC[C@@H]2SCC3NC(=O)NC32)c2ccc(OCC(=O)NC(CC(=O)ON3C(=O)CCC3=O)C(=O)O)cc2)c(OC)c1. The molecule has 25 nitrogen and oxygen atoms in total. The molecule has 4 heterocycles. The van der Waals surface area contributed by atoms with Crippen LogP contribution in [0.15, 0.2) is 42.5 Å². The lowest BCUT2D eigenvalue weighted by atomic mass is 9.97. The van der Waals surface area contributed by atoms with Gasteiger partial charge in [0.2, 0.25) is 29.5 Å². The van der Waals surface area contributed by atoms with Crippen LogP contribution in [0.1, 0.15) is 75.0 Å². The summed E-state index contributed by atoms with van der Waals surface area (Å²) in [5.74, 6) is -7.75. The van der Waals surface area contributed by atoms with Gasteiger partial charge in [-0.1, -0.05) is 12.1 Å². The van der Waals surface area contributed by atoms with E-state index in [1.807, 2.05) is 0 Å². The Bertz CT molecular complexity index is 2420. The normalized spacial score (nSPS) is 19.4. The first kappa shape index (κ1) is 52.6. The molecule has 4 aliphatic heterocycles. The number of carbonyl (C=O) groups excluding carboxylic acids is 11. The topological polar surface area (TPSA) is 341 Å². The number of rotatable bonds is 25. The molecular weight excluding hydrogens is 957 g/mol. The summed E-state index contributed by atoms with van der Waals surface area (Å²) in [6, 6.07) is 6.17. The molecular formula is C45H52N8O17S. The van der Waals surface area contributed by atoms with Crippen molar-refractivity contribution in [3.05, 3.63) is 53.6 Å². The summed E-state index contributed by atoms with van der Waals surface area (Å²) < 4.78 is 16.5. The lowest BCUT2D eigenvalue weighted by molar-refractivity contribution is -0.198. The molecule has 4 aliphatic rings. The van der Waals surface area contributed by atoms with E-state index in [1.54, 1.807) is 30.0 Å². The van der Waals surface area contributed by atoms with Crippen molar-refractivity contribution in [3.8, 4) is 17.2 Å². The van der Waals surface area contributed by atoms with Gasteiger partial charge in [0.05, 0.1) is 51.9 Å². The van der Waals surface area contributed by atoms with Crippen molar-refractivity contribution in [2.75, 3.05) is 39.7 Å². The Morgan fingerprint density at radius 2 is 1.44 bits per heavy atom. The molecule has 0 bridgehead atoms. The van der Waals surface area contributed by atoms with Crippen LogP contribution in [0.4, 0.5) is 4.79 Å². The number of carboxylic acids is 1. The molecule has 5 unspecified atom stereocenters. The smallest absolute Gasteiger partial charge is 0.335 e. The quantitative estimate of drug-likeness (QED) is 0.0458. The van der Waals surface area contributed by atoms with Gasteiger partial charge in [0, 0.05) is 61.2 Å². The summed E-state index contributed by atoms with van der Waals surface area (Å²) in [4.78, 5) is 156. The van der Waals surface area contributed by atoms with E-state index in [0.29, 0.717) is 35.5 Å². The highest BCUT2D eigenvalue weighted by atomic mass is 32.2. The van der Waals surface area contributed by atoms with Crippen LogP contribution in [0.3, 0.4) is 0 Å². The summed E-state index contributed by atoms with van der Waals surface area (Å²) in [7, 11) is 2.84. The Morgan fingerprint density at radius 1 is 0.775 bits per heavy atom. The molecule has 2 aromatic rings. The molecule has 10 amide bonds. The van der Waals surface area contributed by atoms with E-state index < -0.39 is 116 Å². The minimum absolute atomic E-state index is 0.0112. The molecule has 380 valence electrons. The van der Waals surface area contributed by atoms with Gasteiger partial charge in [-0.3, -0.25) is 48.1 Å². The summed E-state index contributed by atoms with van der Waals surface area (Å²) in [6.45, 7) is -1.97. The summed E-state index contributed by atoms with van der Waals surface area (Å²) in [5.41, 5.74) is 0.863. The van der Waals surface area contributed by atoms with Crippen molar-refractivity contribution in [1.29, 1.82) is 0 Å². The Kier molecular flexibility index (Phi) is 17.9. The maximum Gasteiger partial charge on any atom is 0.335 e. The largest absolute Gasteiger partial charge is 0.497 e. The molecule has 6 atom stereocenters. The number of nitrogens with zero attached hydrogens (tertiary/aromatic N) is 2. The standard InChI is InChI=1S/C45H52N8O17S/c1-67-26-10-11-27(31(17-26)68-2)41(23-6-8-25(9-7-23)69-21-35(57)48-29(44(64)65)18-40(62)70-53-38(60)14-15-39(53)61)50-34(56)19-46-43(63)28(16-24(54)20-52-36(58)12-13-37(52)59)47-33(55)5-3-4-32-42-30(22-71-32)49-45(66)51-42/h6-11,17,28-30,32,41-42H,3-5,12-16,18-22H2,1-2H3,(H,46,63)(H,47,55)(H,48,57)(H,50,56)(H,64,65)(H2,49,51,66)/t28?,29?,30?,32-,41?,42?/m0/s1. The third kappa shape index (κ3) is 14.2. The highest BCUT2D eigenvalue weighted by Crippen LogP contribution is 2.35. The molecule has 0 aliphatic carbocycles. The number of imide groups is 2. The fourth-order valence-corrected chi connectivity index (χ4v) is 9.60. The van der Waals surface area contributed by atoms with E-state index >= 15 is 0 Å². The van der Waals surface area contributed by atoms with Crippen LogP contribution in [0, 0.1) is 0 Å². The summed E-state index contributed by atoms with van der Waals surface area (Å²) >= 11 is 1.67. The second-order valence-corrected chi connectivity index (χ2v) is 17.9.